The average Bonchev–Trinajstić information content (AvgIpc) is 3.16. The zero-order valence-corrected chi connectivity index (χ0v) is 12.9. The Kier molecular flexibility index (Phi) is 3.66. The van der Waals surface area contributed by atoms with Crippen LogP contribution in [-0.2, 0) is 0 Å². The van der Waals surface area contributed by atoms with Crippen LogP contribution in [0.15, 0.2) is 67.4 Å². The molecule has 0 aliphatic rings. The first-order chi connectivity index (χ1) is 12.2. The second-order valence-corrected chi connectivity index (χ2v) is 5.33. The molecule has 0 atom stereocenters. The van der Waals surface area contributed by atoms with Gasteiger partial charge in [-0.15, -0.1) is 0 Å². The fourth-order valence-electron chi connectivity index (χ4n) is 2.54. The molecule has 1 N–H and O–H groups in total. The van der Waals surface area contributed by atoms with E-state index in [0.717, 1.165) is 0 Å². The molecule has 0 saturated carbocycles. The van der Waals surface area contributed by atoms with Crippen molar-refractivity contribution in [3.05, 3.63) is 78.8 Å². The first kappa shape index (κ1) is 14.9. The Morgan fingerprint density at radius 1 is 1.12 bits per heavy atom. The highest BCUT2D eigenvalue weighted by molar-refractivity contribution is 6.06. The molecule has 3 heterocycles. The Balaban J connectivity index is 1.67. The third kappa shape index (κ3) is 2.83. The van der Waals surface area contributed by atoms with Gasteiger partial charge in [-0.2, -0.15) is 5.10 Å². The molecule has 0 saturated heterocycles. The van der Waals surface area contributed by atoms with Crippen molar-refractivity contribution in [2.75, 3.05) is 5.32 Å². The van der Waals surface area contributed by atoms with Crippen LogP contribution in [0.5, 0.6) is 0 Å². The summed E-state index contributed by atoms with van der Waals surface area (Å²) in [6, 6.07) is 9.76. The predicted octanol–water partition coefficient (Wildman–Crippen LogP) is 3.21. The van der Waals surface area contributed by atoms with E-state index in [4.69, 9.17) is 0 Å². The van der Waals surface area contributed by atoms with Gasteiger partial charge in [0.25, 0.3) is 5.91 Å². The van der Waals surface area contributed by atoms with Gasteiger partial charge in [-0.25, -0.2) is 9.07 Å². The molecule has 122 valence electrons. The van der Waals surface area contributed by atoms with Crippen LogP contribution in [0.4, 0.5) is 10.1 Å². The van der Waals surface area contributed by atoms with Gasteiger partial charge in [0.15, 0.2) is 0 Å². The van der Waals surface area contributed by atoms with Crippen molar-refractivity contribution in [3.63, 3.8) is 0 Å². The minimum atomic E-state index is -0.419. The van der Waals surface area contributed by atoms with E-state index < -0.39 is 5.82 Å². The van der Waals surface area contributed by atoms with Crippen LogP contribution in [0.2, 0.25) is 0 Å². The number of rotatable bonds is 3. The molecule has 1 amide bonds. The predicted molar refractivity (Wildman–Crippen MR) is 91.0 cm³/mol. The zero-order chi connectivity index (χ0) is 17.2. The Morgan fingerprint density at radius 2 is 2.04 bits per heavy atom. The fraction of sp³-hybridized carbons (Fsp3) is 0. The average molecular weight is 333 g/mol. The zero-order valence-electron chi connectivity index (χ0n) is 12.9. The number of carbonyl (C=O) groups excluding carboxylic acids is 1. The lowest BCUT2D eigenvalue weighted by atomic mass is 10.1. The number of para-hydroxylation sites is 1. The molecule has 0 fully saturated rings. The number of nitrogens with zero attached hydrogens (tertiary/aromatic N) is 4. The van der Waals surface area contributed by atoms with Crippen molar-refractivity contribution in [3.8, 4) is 5.69 Å². The van der Waals surface area contributed by atoms with Gasteiger partial charge in [0.2, 0.25) is 0 Å². The quantitative estimate of drug-likeness (QED) is 0.625. The Morgan fingerprint density at radius 3 is 2.88 bits per heavy atom. The van der Waals surface area contributed by atoms with E-state index in [2.05, 4.69) is 20.4 Å². The summed E-state index contributed by atoms with van der Waals surface area (Å²) in [5.41, 5.74) is 1.76. The van der Waals surface area contributed by atoms with E-state index in [1.807, 2.05) is 0 Å². The molecule has 4 aromatic rings. The highest BCUT2D eigenvalue weighted by Gasteiger charge is 2.12. The molecule has 7 heteroatoms. The lowest BCUT2D eigenvalue weighted by molar-refractivity contribution is 0.102. The standard InChI is InChI=1S/C18H12FN5O/c19-14-4-1-3-12-9-13(10-21-17(12)14)18(25)23-15-11-20-7-5-16(15)24-8-2-6-22-24/h1-11H,(H,23,25). The highest BCUT2D eigenvalue weighted by Crippen LogP contribution is 2.20. The third-order valence-electron chi connectivity index (χ3n) is 3.72. The Labute approximate surface area is 142 Å². The molecule has 0 spiro atoms. The van der Waals surface area contributed by atoms with E-state index in [1.54, 1.807) is 59.8 Å². The molecule has 0 bridgehead atoms. The number of aromatic nitrogens is 4. The maximum atomic E-state index is 13.7. The summed E-state index contributed by atoms with van der Waals surface area (Å²) in [7, 11) is 0. The van der Waals surface area contributed by atoms with Gasteiger partial charge < -0.3 is 5.32 Å². The van der Waals surface area contributed by atoms with E-state index >= 15 is 0 Å². The number of halogens is 1. The number of amides is 1. The Bertz CT molecular complexity index is 1060. The van der Waals surface area contributed by atoms with Crippen LogP contribution < -0.4 is 5.32 Å². The monoisotopic (exact) mass is 333 g/mol. The van der Waals surface area contributed by atoms with Crippen LogP contribution in [0.25, 0.3) is 16.6 Å². The molecule has 1 aromatic carbocycles. The summed E-state index contributed by atoms with van der Waals surface area (Å²) in [6.45, 7) is 0. The van der Waals surface area contributed by atoms with E-state index in [9.17, 15) is 9.18 Å². The topological polar surface area (TPSA) is 72.7 Å². The molecule has 0 radical (unpaired) electrons. The largest absolute Gasteiger partial charge is 0.319 e. The van der Waals surface area contributed by atoms with Crippen molar-refractivity contribution in [1.82, 2.24) is 19.7 Å². The summed E-state index contributed by atoms with van der Waals surface area (Å²) in [6.07, 6.45) is 7.93. The second kappa shape index (κ2) is 6.12. The van der Waals surface area contributed by atoms with Crippen LogP contribution in [0.3, 0.4) is 0 Å². The number of fused-ring (bicyclic) bond motifs is 1. The summed E-state index contributed by atoms with van der Waals surface area (Å²) in [4.78, 5) is 20.7. The number of anilines is 1. The normalized spacial score (nSPS) is 10.8. The van der Waals surface area contributed by atoms with Gasteiger partial charge in [-0.05, 0) is 24.3 Å². The van der Waals surface area contributed by atoms with E-state index in [-0.39, 0.29) is 11.4 Å². The minimum absolute atomic E-state index is 0.234. The summed E-state index contributed by atoms with van der Waals surface area (Å²) < 4.78 is 15.3. The van der Waals surface area contributed by atoms with Crippen molar-refractivity contribution >= 4 is 22.5 Å². The molecular formula is C18H12FN5O. The van der Waals surface area contributed by atoms with Gasteiger partial charge in [0.1, 0.15) is 11.3 Å². The van der Waals surface area contributed by atoms with Crippen molar-refractivity contribution < 1.29 is 9.18 Å². The maximum Gasteiger partial charge on any atom is 0.257 e. The third-order valence-corrected chi connectivity index (χ3v) is 3.72. The van der Waals surface area contributed by atoms with Crippen molar-refractivity contribution in [2.24, 2.45) is 0 Å². The SMILES string of the molecule is O=C(Nc1cnccc1-n1cccn1)c1cnc2c(F)cccc2c1. The fourth-order valence-corrected chi connectivity index (χ4v) is 2.54. The molecular weight excluding hydrogens is 321 g/mol. The van der Waals surface area contributed by atoms with Crippen LogP contribution in [0, 0.1) is 5.82 Å². The first-order valence-electron chi connectivity index (χ1n) is 7.52. The number of hydrogen-bond acceptors (Lipinski definition) is 4. The summed E-state index contributed by atoms with van der Waals surface area (Å²) in [5, 5.41) is 7.52. The van der Waals surface area contributed by atoms with E-state index in [1.165, 1.54) is 12.3 Å². The molecule has 3 aromatic heterocycles. The van der Waals surface area contributed by atoms with Gasteiger partial charge >= 0.3 is 0 Å². The maximum absolute atomic E-state index is 13.7. The molecule has 4 rings (SSSR count). The number of hydrogen-bond donors (Lipinski definition) is 1. The first-order valence-corrected chi connectivity index (χ1v) is 7.52. The van der Waals surface area contributed by atoms with Gasteiger partial charge in [-0.3, -0.25) is 14.8 Å². The molecule has 25 heavy (non-hydrogen) atoms. The van der Waals surface area contributed by atoms with Gasteiger partial charge in [0, 0.05) is 30.2 Å². The summed E-state index contributed by atoms with van der Waals surface area (Å²) >= 11 is 0. The van der Waals surface area contributed by atoms with Crippen molar-refractivity contribution in [2.45, 2.75) is 0 Å². The van der Waals surface area contributed by atoms with Gasteiger partial charge in [-0.1, -0.05) is 12.1 Å². The second-order valence-electron chi connectivity index (χ2n) is 5.33. The molecule has 0 aliphatic carbocycles. The lowest BCUT2D eigenvalue weighted by Gasteiger charge is -2.10. The number of nitrogens with one attached hydrogen (secondary N) is 1. The van der Waals surface area contributed by atoms with Crippen molar-refractivity contribution in [1.29, 1.82) is 0 Å². The summed E-state index contributed by atoms with van der Waals surface area (Å²) in [5.74, 6) is -0.780. The van der Waals surface area contributed by atoms with Crippen LogP contribution >= 0.6 is 0 Å². The highest BCUT2D eigenvalue weighted by atomic mass is 19.1. The minimum Gasteiger partial charge on any atom is -0.319 e. The smallest absolute Gasteiger partial charge is 0.257 e. The molecule has 0 aliphatic heterocycles. The van der Waals surface area contributed by atoms with Crippen LogP contribution in [-0.4, -0.2) is 25.7 Å². The molecule has 0 unspecified atom stereocenters. The van der Waals surface area contributed by atoms with Gasteiger partial charge in [0.05, 0.1) is 23.1 Å². The Hall–Kier alpha value is -3.61. The molecule has 6 nitrogen and oxygen atoms in total. The number of pyridine rings is 2. The number of carbonyl (C=O) groups is 1. The lowest BCUT2D eigenvalue weighted by Crippen LogP contribution is -2.14. The van der Waals surface area contributed by atoms with Crippen LogP contribution in [0.1, 0.15) is 10.4 Å². The van der Waals surface area contributed by atoms with E-state index in [0.29, 0.717) is 22.3 Å². The number of benzene rings is 1.